The number of benzene rings is 1. The monoisotopic (exact) mass is 274 g/mol. The zero-order valence-electron chi connectivity index (χ0n) is 11.7. The Morgan fingerprint density at radius 1 is 1.16 bits per heavy atom. The first-order valence-electron chi connectivity index (χ1n) is 6.78. The van der Waals surface area contributed by atoms with Gasteiger partial charge in [-0.3, -0.25) is 0 Å². The summed E-state index contributed by atoms with van der Waals surface area (Å²) in [4.78, 5) is 3.77. The number of thiophene rings is 1. The molecule has 0 saturated carbocycles. The molecule has 0 bridgehead atoms. The van der Waals surface area contributed by atoms with Crippen LogP contribution in [0.3, 0.4) is 0 Å². The molecule has 0 aliphatic rings. The quantitative estimate of drug-likeness (QED) is 0.867. The third-order valence-corrected chi connectivity index (χ3v) is 4.09. The van der Waals surface area contributed by atoms with E-state index in [0.29, 0.717) is 12.5 Å². The van der Waals surface area contributed by atoms with Crippen LogP contribution in [-0.4, -0.2) is 13.1 Å². The second-order valence-electron chi connectivity index (χ2n) is 5.00. The molecule has 2 aromatic rings. The number of hydrogen-bond acceptors (Lipinski definition) is 3. The molecule has 2 rings (SSSR count). The van der Waals surface area contributed by atoms with Crippen LogP contribution in [-0.2, 0) is 6.54 Å². The zero-order chi connectivity index (χ0) is 13.7. The lowest BCUT2D eigenvalue weighted by molar-refractivity contribution is 0.775. The first-order valence-corrected chi connectivity index (χ1v) is 7.66. The van der Waals surface area contributed by atoms with E-state index >= 15 is 0 Å². The number of rotatable bonds is 6. The lowest BCUT2D eigenvalue weighted by Gasteiger charge is -2.27. The number of nitrogens with zero attached hydrogens (tertiary/aromatic N) is 1. The predicted octanol–water partition coefficient (Wildman–Crippen LogP) is 3.84. The van der Waals surface area contributed by atoms with Crippen molar-refractivity contribution in [3.05, 3.63) is 52.2 Å². The van der Waals surface area contributed by atoms with E-state index in [2.05, 4.69) is 60.5 Å². The maximum absolute atomic E-state index is 5.78. The maximum atomic E-state index is 5.78. The van der Waals surface area contributed by atoms with Gasteiger partial charge in [0.1, 0.15) is 0 Å². The van der Waals surface area contributed by atoms with E-state index in [9.17, 15) is 0 Å². The summed E-state index contributed by atoms with van der Waals surface area (Å²) in [5.74, 6) is 0.528. The molecule has 0 aliphatic carbocycles. The van der Waals surface area contributed by atoms with Crippen molar-refractivity contribution in [1.82, 2.24) is 0 Å². The Hall–Kier alpha value is -1.32. The first kappa shape index (κ1) is 14.1. The molecule has 0 radical (unpaired) electrons. The average Bonchev–Trinajstić information content (AvgIpc) is 2.91. The summed E-state index contributed by atoms with van der Waals surface area (Å²) >= 11 is 1.80. The van der Waals surface area contributed by atoms with Crippen molar-refractivity contribution in [2.24, 2.45) is 5.73 Å². The van der Waals surface area contributed by atoms with Gasteiger partial charge in [0.25, 0.3) is 0 Å². The molecule has 2 N–H and O–H groups in total. The van der Waals surface area contributed by atoms with E-state index in [1.807, 2.05) is 0 Å². The fourth-order valence-corrected chi connectivity index (χ4v) is 3.01. The van der Waals surface area contributed by atoms with Crippen molar-refractivity contribution in [3.8, 4) is 0 Å². The van der Waals surface area contributed by atoms with Crippen LogP contribution in [0.2, 0.25) is 0 Å². The summed E-state index contributed by atoms with van der Waals surface area (Å²) < 4.78 is 0. The Labute approximate surface area is 119 Å². The Bertz CT molecular complexity index is 491. The molecule has 1 aromatic heterocycles. The molecular weight excluding hydrogens is 252 g/mol. The van der Waals surface area contributed by atoms with Gasteiger partial charge in [0, 0.05) is 23.7 Å². The predicted molar refractivity (Wildman–Crippen MR) is 85.0 cm³/mol. The smallest absolute Gasteiger partial charge is 0.0523 e. The van der Waals surface area contributed by atoms with Gasteiger partial charge < -0.3 is 10.6 Å². The van der Waals surface area contributed by atoms with E-state index < -0.39 is 0 Å². The Balaban J connectivity index is 2.28. The molecule has 1 aromatic carbocycles. The van der Waals surface area contributed by atoms with E-state index in [4.69, 9.17) is 5.73 Å². The third-order valence-electron chi connectivity index (χ3n) is 3.23. The Kier molecular flexibility index (Phi) is 5.00. The molecule has 0 amide bonds. The number of nitrogens with two attached hydrogens (primary N) is 1. The molecule has 1 heterocycles. The fraction of sp³-hybridized carbons (Fsp3) is 0.375. The van der Waals surface area contributed by atoms with Crippen LogP contribution < -0.4 is 10.6 Å². The summed E-state index contributed by atoms with van der Waals surface area (Å²) in [5, 5.41) is 2.13. The summed E-state index contributed by atoms with van der Waals surface area (Å²) in [5.41, 5.74) is 8.50. The second-order valence-corrected chi connectivity index (χ2v) is 6.04. The fourth-order valence-electron chi connectivity index (χ4n) is 2.29. The highest BCUT2D eigenvalue weighted by molar-refractivity contribution is 7.09. The van der Waals surface area contributed by atoms with Gasteiger partial charge in [-0.1, -0.05) is 38.1 Å². The van der Waals surface area contributed by atoms with Gasteiger partial charge in [0.05, 0.1) is 6.54 Å². The SMILES string of the molecule is CC(C)c1ccccc1N(CCN)Cc1cccs1. The average molecular weight is 274 g/mol. The van der Waals surface area contributed by atoms with E-state index in [1.165, 1.54) is 16.1 Å². The molecule has 2 nitrogen and oxygen atoms in total. The number of anilines is 1. The standard InChI is InChI=1S/C16H22N2S/c1-13(2)15-7-3-4-8-16(15)18(10-9-17)12-14-6-5-11-19-14/h3-8,11,13H,9-10,12,17H2,1-2H3. The lowest BCUT2D eigenvalue weighted by atomic mass is 10.0. The van der Waals surface area contributed by atoms with Crippen molar-refractivity contribution >= 4 is 17.0 Å². The molecule has 0 fully saturated rings. The molecule has 102 valence electrons. The van der Waals surface area contributed by atoms with Crippen LogP contribution in [0.5, 0.6) is 0 Å². The van der Waals surface area contributed by atoms with Gasteiger partial charge in [-0.05, 0) is 29.0 Å². The van der Waals surface area contributed by atoms with Crippen LogP contribution in [0.4, 0.5) is 5.69 Å². The second kappa shape index (κ2) is 6.73. The van der Waals surface area contributed by atoms with Gasteiger partial charge in [0.15, 0.2) is 0 Å². The van der Waals surface area contributed by atoms with Crippen LogP contribution in [0.15, 0.2) is 41.8 Å². The number of para-hydroxylation sites is 1. The summed E-state index contributed by atoms with van der Waals surface area (Å²) in [6, 6.07) is 12.9. The molecule has 0 aliphatic heterocycles. The normalized spacial score (nSPS) is 10.9. The Morgan fingerprint density at radius 3 is 2.58 bits per heavy atom. The minimum Gasteiger partial charge on any atom is -0.365 e. The van der Waals surface area contributed by atoms with Gasteiger partial charge in [-0.2, -0.15) is 0 Å². The highest BCUT2D eigenvalue weighted by Crippen LogP contribution is 2.28. The van der Waals surface area contributed by atoms with Crippen LogP contribution in [0.1, 0.15) is 30.2 Å². The van der Waals surface area contributed by atoms with Crippen molar-refractivity contribution in [1.29, 1.82) is 0 Å². The van der Waals surface area contributed by atoms with Crippen molar-refractivity contribution in [2.75, 3.05) is 18.0 Å². The zero-order valence-corrected chi connectivity index (χ0v) is 12.5. The Morgan fingerprint density at radius 2 is 1.95 bits per heavy atom. The minimum absolute atomic E-state index is 0.528. The van der Waals surface area contributed by atoms with Gasteiger partial charge in [0.2, 0.25) is 0 Å². The maximum Gasteiger partial charge on any atom is 0.0523 e. The van der Waals surface area contributed by atoms with Crippen molar-refractivity contribution in [3.63, 3.8) is 0 Å². The minimum atomic E-state index is 0.528. The molecule has 3 heteroatoms. The topological polar surface area (TPSA) is 29.3 Å². The van der Waals surface area contributed by atoms with Gasteiger partial charge in [-0.15, -0.1) is 11.3 Å². The molecule has 0 saturated heterocycles. The highest BCUT2D eigenvalue weighted by atomic mass is 32.1. The van der Waals surface area contributed by atoms with Crippen LogP contribution in [0.25, 0.3) is 0 Å². The van der Waals surface area contributed by atoms with Crippen molar-refractivity contribution < 1.29 is 0 Å². The molecule has 0 atom stereocenters. The van der Waals surface area contributed by atoms with E-state index in [1.54, 1.807) is 11.3 Å². The van der Waals surface area contributed by atoms with Gasteiger partial charge >= 0.3 is 0 Å². The van der Waals surface area contributed by atoms with Crippen molar-refractivity contribution in [2.45, 2.75) is 26.3 Å². The summed E-state index contributed by atoms with van der Waals surface area (Å²) in [7, 11) is 0. The van der Waals surface area contributed by atoms with E-state index in [-0.39, 0.29) is 0 Å². The third kappa shape index (κ3) is 3.58. The number of hydrogen-bond donors (Lipinski definition) is 1. The van der Waals surface area contributed by atoms with Crippen LogP contribution in [0, 0.1) is 0 Å². The summed E-state index contributed by atoms with van der Waals surface area (Å²) in [6.07, 6.45) is 0. The highest BCUT2D eigenvalue weighted by Gasteiger charge is 2.13. The molecule has 19 heavy (non-hydrogen) atoms. The van der Waals surface area contributed by atoms with Gasteiger partial charge in [-0.25, -0.2) is 0 Å². The first-order chi connectivity index (χ1) is 9.22. The molecule has 0 unspecified atom stereocenters. The molecule has 0 spiro atoms. The molecular formula is C16H22N2S. The van der Waals surface area contributed by atoms with E-state index in [0.717, 1.165) is 13.1 Å². The summed E-state index contributed by atoms with van der Waals surface area (Å²) in [6.45, 7) is 6.99. The van der Waals surface area contributed by atoms with Crippen LogP contribution >= 0.6 is 11.3 Å². The largest absolute Gasteiger partial charge is 0.365 e. The lowest BCUT2D eigenvalue weighted by Crippen LogP contribution is -2.29.